The third-order valence-electron chi connectivity index (χ3n) is 5.52. The number of nitrogens with zero attached hydrogens (tertiary/aromatic N) is 1. The van der Waals surface area contributed by atoms with Crippen molar-refractivity contribution in [2.24, 2.45) is 11.8 Å². The van der Waals surface area contributed by atoms with E-state index in [1.165, 1.54) is 43.5 Å². The Morgan fingerprint density at radius 1 is 1.26 bits per heavy atom. The highest BCUT2D eigenvalue weighted by molar-refractivity contribution is 7.80. The summed E-state index contributed by atoms with van der Waals surface area (Å²) in [7, 11) is 0. The van der Waals surface area contributed by atoms with Crippen molar-refractivity contribution in [1.82, 2.24) is 10.2 Å². The van der Waals surface area contributed by atoms with E-state index in [0.29, 0.717) is 6.04 Å². The molecule has 2 bridgehead atoms. The van der Waals surface area contributed by atoms with Gasteiger partial charge in [-0.25, -0.2) is 0 Å². The zero-order valence-corrected chi connectivity index (χ0v) is 15.4. The zero-order chi connectivity index (χ0) is 16.4. The van der Waals surface area contributed by atoms with Gasteiger partial charge in [0.2, 0.25) is 0 Å². The van der Waals surface area contributed by atoms with Crippen molar-refractivity contribution in [3.05, 3.63) is 29.3 Å². The van der Waals surface area contributed by atoms with Crippen LogP contribution in [-0.2, 0) is 0 Å². The second kappa shape index (κ2) is 7.18. The third-order valence-corrected chi connectivity index (χ3v) is 5.76. The molecule has 4 heteroatoms. The minimum atomic E-state index is 0.649. The van der Waals surface area contributed by atoms with E-state index in [-0.39, 0.29) is 0 Å². The van der Waals surface area contributed by atoms with Crippen molar-refractivity contribution >= 4 is 23.0 Å². The molecule has 4 atom stereocenters. The van der Waals surface area contributed by atoms with Gasteiger partial charge in [-0.15, -0.1) is 0 Å². The maximum absolute atomic E-state index is 5.48. The maximum atomic E-state index is 5.48. The first-order valence-corrected chi connectivity index (χ1v) is 9.33. The van der Waals surface area contributed by atoms with E-state index >= 15 is 0 Å². The van der Waals surface area contributed by atoms with Gasteiger partial charge in [0, 0.05) is 24.8 Å². The molecule has 4 rings (SSSR count). The SMILES string of the molecule is CC[C@@H]1CN2CC[C@H]1C[C@@H]2CNC(=S)Nc1cc(C)cc(C)c1. The molecule has 0 aliphatic carbocycles. The highest BCUT2D eigenvalue weighted by atomic mass is 32.1. The summed E-state index contributed by atoms with van der Waals surface area (Å²) < 4.78 is 0. The Morgan fingerprint density at radius 2 is 2.00 bits per heavy atom. The third kappa shape index (κ3) is 4.04. The van der Waals surface area contributed by atoms with Gasteiger partial charge in [0.25, 0.3) is 0 Å². The van der Waals surface area contributed by atoms with Gasteiger partial charge < -0.3 is 10.6 Å². The molecule has 1 unspecified atom stereocenters. The Kier molecular flexibility index (Phi) is 5.22. The van der Waals surface area contributed by atoms with Crippen LogP contribution in [0.4, 0.5) is 5.69 Å². The summed E-state index contributed by atoms with van der Waals surface area (Å²) in [5.41, 5.74) is 3.60. The van der Waals surface area contributed by atoms with Gasteiger partial charge in [-0.2, -0.15) is 0 Å². The first kappa shape index (κ1) is 16.7. The lowest BCUT2D eigenvalue weighted by molar-refractivity contribution is 0.00212. The number of hydrogen-bond donors (Lipinski definition) is 2. The molecule has 3 heterocycles. The van der Waals surface area contributed by atoms with Gasteiger partial charge >= 0.3 is 0 Å². The molecule has 3 nitrogen and oxygen atoms in total. The van der Waals surface area contributed by atoms with Crippen LogP contribution in [0.25, 0.3) is 0 Å². The summed E-state index contributed by atoms with van der Waals surface area (Å²) in [4.78, 5) is 2.67. The van der Waals surface area contributed by atoms with Crippen molar-refractivity contribution in [3.8, 4) is 0 Å². The van der Waals surface area contributed by atoms with Gasteiger partial charge in [-0.3, -0.25) is 4.90 Å². The summed E-state index contributed by atoms with van der Waals surface area (Å²) in [5.74, 6) is 1.85. The lowest BCUT2D eigenvalue weighted by Crippen LogP contribution is -2.56. The van der Waals surface area contributed by atoms with Crippen molar-refractivity contribution in [2.75, 3.05) is 25.0 Å². The fraction of sp³-hybridized carbons (Fsp3) is 0.632. The van der Waals surface area contributed by atoms with Crippen molar-refractivity contribution in [2.45, 2.75) is 46.1 Å². The van der Waals surface area contributed by atoms with E-state index in [1.807, 2.05) is 0 Å². The summed E-state index contributed by atoms with van der Waals surface area (Å²) >= 11 is 5.48. The molecule has 0 amide bonds. The Balaban J connectivity index is 1.50. The molecular formula is C19H29N3S. The topological polar surface area (TPSA) is 27.3 Å². The normalized spacial score (nSPS) is 29.3. The fourth-order valence-electron chi connectivity index (χ4n) is 4.36. The molecule has 23 heavy (non-hydrogen) atoms. The molecule has 2 N–H and O–H groups in total. The highest BCUT2D eigenvalue weighted by Gasteiger charge is 2.38. The zero-order valence-electron chi connectivity index (χ0n) is 14.6. The molecule has 0 saturated carbocycles. The molecule has 3 aliphatic rings. The average molecular weight is 332 g/mol. The number of nitrogens with one attached hydrogen (secondary N) is 2. The number of piperidine rings is 3. The number of thiocarbonyl (C=S) groups is 1. The largest absolute Gasteiger partial charge is 0.361 e. The minimum absolute atomic E-state index is 0.649. The quantitative estimate of drug-likeness (QED) is 0.823. The van der Waals surface area contributed by atoms with E-state index in [0.717, 1.165) is 29.2 Å². The number of hydrogen-bond acceptors (Lipinski definition) is 2. The Bertz CT molecular complexity index is 551. The molecule has 1 aromatic carbocycles. The van der Waals surface area contributed by atoms with Crippen molar-refractivity contribution in [1.29, 1.82) is 0 Å². The summed E-state index contributed by atoms with van der Waals surface area (Å²) in [6.07, 6.45) is 4.05. The molecule has 3 saturated heterocycles. The van der Waals surface area contributed by atoms with Gasteiger partial charge in [-0.1, -0.05) is 19.4 Å². The van der Waals surface area contributed by atoms with Crippen LogP contribution in [0.15, 0.2) is 18.2 Å². The number of aryl methyl sites for hydroxylation is 2. The number of benzene rings is 1. The summed E-state index contributed by atoms with van der Waals surface area (Å²) in [6, 6.07) is 7.10. The van der Waals surface area contributed by atoms with Crippen LogP contribution >= 0.6 is 12.2 Å². The highest BCUT2D eigenvalue weighted by Crippen LogP contribution is 2.37. The van der Waals surface area contributed by atoms with Crippen LogP contribution in [0.2, 0.25) is 0 Å². The second-order valence-corrected chi connectivity index (χ2v) is 7.72. The standard InChI is InChI=1S/C19H29N3S/c1-4-15-12-22-6-5-16(15)10-18(22)11-20-19(23)21-17-8-13(2)7-14(3)9-17/h7-9,15-16,18H,4-6,10-12H2,1-3H3,(H2,20,21,23)/t15-,16+,18-/m1/s1. The first-order chi connectivity index (χ1) is 11.0. The summed E-state index contributed by atoms with van der Waals surface area (Å²) in [6.45, 7) is 10.1. The molecular weight excluding hydrogens is 302 g/mol. The van der Waals surface area contributed by atoms with E-state index in [1.54, 1.807) is 0 Å². The minimum Gasteiger partial charge on any atom is -0.361 e. The van der Waals surface area contributed by atoms with E-state index in [2.05, 4.69) is 54.5 Å². The van der Waals surface area contributed by atoms with Crippen LogP contribution in [0.1, 0.15) is 37.3 Å². The Hall–Kier alpha value is -1.13. The summed E-state index contributed by atoms with van der Waals surface area (Å²) in [5, 5.41) is 7.51. The average Bonchev–Trinajstić information content (AvgIpc) is 2.52. The van der Waals surface area contributed by atoms with E-state index in [9.17, 15) is 0 Å². The smallest absolute Gasteiger partial charge is 0.170 e. The van der Waals surface area contributed by atoms with Crippen LogP contribution < -0.4 is 10.6 Å². The van der Waals surface area contributed by atoms with Crippen LogP contribution in [0, 0.1) is 25.7 Å². The maximum Gasteiger partial charge on any atom is 0.170 e. The molecule has 3 fully saturated rings. The van der Waals surface area contributed by atoms with Gasteiger partial charge in [0.1, 0.15) is 0 Å². The number of rotatable bonds is 4. The Labute approximate surface area is 145 Å². The Morgan fingerprint density at radius 3 is 2.61 bits per heavy atom. The lowest BCUT2D eigenvalue weighted by Gasteiger charge is -2.50. The van der Waals surface area contributed by atoms with Crippen molar-refractivity contribution < 1.29 is 0 Å². The van der Waals surface area contributed by atoms with Crippen LogP contribution in [0.3, 0.4) is 0 Å². The van der Waals surface area contributed by atoms with Gasteiger partial charge in [-0.05, 0) is 80.5 Å². The molecule has 0 spiro atoms. The molecule has 126 valence electrons. The van der Waals surface area contributed by atoms with E-state index in [4.69, 9.17) is 12.2 Å². The van der Waals surface area contributed by atoms with Gasteiger partial charge in [0.05, 0.1) is 0 Å². The predicted molar refractivity (Wildman–Crippen MR) is 102 cm³/mol. The van der Waals surface area contributed by atoms with Gasteiger partial charge in [0.15, 0.2) is 5.11 Å². The molecule has 1 aromatic rings. The second-order valence-electron chi connectivity index (χ2n) is 7.31. The molecule has 0 radical (unpaired) electrons. The van der Waals surface area contributed by atoms with Crippen LogP contribution in [-0.4, -0.2) is 35.7 Å². The number of anilines is 1. The first-order valence-electron chi connectivity index (χ1n) is 8.92. The monoisotopic (exact) mass is 331 g/mol. The fourth-order valence-corrected chi connectivity index (χ4v) is 4.56. The van der Waals surface area contributed by atoms with E-state index < -0.39 is 0 Å². The molecule has 0 aromatic heterocycles. The van der Waals surface area contributed by atoms with Crippen molar-refractivity contribution in [3.63, 3.8) is 0 Å². The van der Waals surface area contributed by atoms with Crippen LogP contribution in [0.5, 0.6) is 0 Å². The number of fused-ring (bicyclic) bond motifs is 3. The molecule has 3 aliphatic heterocycles. The lowest BCUT2D eigenvalue weighted by atomic mass is 9.74. The predicted octanol–water partition coefficient (Wildman–Crippen LogP) is 3.71.